The van der Waals surface area contributed by atoms with Gasteiger partial charge in [0.1, 0.15) is 0 Å². The Hall–Kier alpha value is 0.527. The minimum absolute atomic E-state index is 0.113. The van der Waals surface area contributed by atoms with Crippen molar-refractivity contribution < 1.29 is 14.7 Å². The summed E-state index contributed by atoms with van der Waals surface area (Å²) in [6.45, 7) is 0. The second-order valence-electron chi connectivity index (χ2n) is 0.971. The van der Waals surface area contributed by atoms with E-state index in [0.717, 1.165) is 0 Å². The second-order valence-corrected chi connectivity index (χ2v) is 6.94. The quantitative estimate of drug-likeness (QED) is 0.246. The van der Waals surface area contributed by atoms with Gasteiger partial charge in [-0.25, -0.2) is 0 Å². The van der Waals surface area contributed by atoms with Gasteiger partial charge < -0.3 is 0 Å². The van der Waals surface area contributed by atoms with E-state index in [2.05, 4.69) is 0 Å². The standard InChI is InChI=1S/H7O3PSi/c1-4(2,3)5/h1-4H,5H3. The molecule has 0 aliphatic carbocycles. The van der Waals surface area contributed by atoms with Crippen molar-refractivity contribution in [1.82, 2.24) is 0 Å². The first-order valence-corrected chi connectivity index (χ1v) is 6.51. The monoisotopic (exact) mass is 114 g/mol. The molecule has 0 atom stereocenters. The van der Waals surface area contributed by atoms with Crippen LogP contribution < -0.4 is 0 Å². The van der Waals surface area contributed by atoms with Crippen LogP contribution in [0.5, 0.6) is 0 Å². The third-order valence-electron chi connectivity index (χ3n) is 0. The third-order valence-corrected chi connectivity index (χ3v) is 0. The molecule has 5 heavy (non-hydrogen) atoms. The molecular formula is H7O3PSi. The van der Waals surface area contributed by atoms with Crippen molar-refractivity contribution in [2.45, 2.75) is 0 Å². The summed E-state index contributed by atoms with van der Waals surface area (Å²) in [5.74, 6) is 0. The van der Waals surface area contributed by atoms with Gasteiger partial charge in [-0.3, -0.25) is 0 Å². The van der Waals surface area contributed by atoms with Crippen LogP contribution in [-0.4, -0.2) is 24.6 Å². The van der Waals surface area contributed by atoms with Gasteiger partial charge in [0.25, 0.3) is 0 Å². The normalized spacial score (nSPS) is 15.8. The maximum atomic E-state index is 7.83. The topological polar surface area (TPSA) is 60.7 Å². The molecule has 0 bridgehead atoms. The third kappa shape index (κ3) is 104. The van der Waals surface area contributed by atoms with Crippen LogP contribution >= 0.6 is 7.49 Å². The van der Waals surface area contributed by atoms with E-state index >= 15 is 0 Å². The molecule has 34 valence electrons. The maximum absolute atomic E-state index is 7.83. The van der Waals surface area contributed by atoms with Crippen LogP contribution in [0.25, 0.3) is 0 Å². The van der Waals surface area contributed by atoms with Crippen molar-refractivity contribution in [1.29, 1.82) is 0 Å². The molecule has 0 aromatic carbocycles. The molecule has 0 fully saturated rings. The van der Waals surface area contributed by atoms with Crippen molar-refractivity contribution >= 4 is 17.4 Å². The van der Waals surface area contributed by atoms with Gasteiger partial charge in [-0.15, -0.1) is 0 Å². The molecule has 3 N–H and O–H groups in total. The Balaban J connectivity index is 3.02. The van der Waals surface area contributed by atoms with Crippen LogP contribution in [0.15, 0.2) is 0 Å². The number of hydrogen-bond donors (Lipinski definition) is 3. The Bertz CT molecular complexity index is 22.4. The molecule has 5 heteroatoms. The summed E-state index contributed by atoms with van der Waals surface area (Å²) < 4.78 is 0. The van der Waals surface area contributed by atoms with Crippen LogP contribution in [0, 0.1) is 0 Å². The average Bonchev–Trinajstić information content (AvgIpc) is 0.722. The van der Waals surface area contributed by atoms with E-state index in [1.165, 1.54) is 0 Å². The molecule has 0 spiro atoms. The van der Waals surface area contributed by atoms with Crippen molar-refractivity contribution in [3.05, 3.63) is 0 Å². The van der Waals surface area contributed by atoms with Gasteiger partial charge in [0.2, 0.25) is 0 Å². The van der Waals surface area contributed by atoms with Crippen molar-refractivity contribution in [3.63, 3.8) is 0 Å². The van der Waals surface area contributed by atoms with Gasteiger partial charge in [0.05, 0.1) is 0 Å². The predicted octanol–water partition coefficient (Wildman–Crippen LogP) is -2.26. The Morgan fingerprint density at radius 2 is 1.20 bits per heavy atom. The SMILES string of the molecule is O[PH](O)(O)[SiH3]. The first kappa shape index (κ1) is 5.53. The van der Waals surface area contributed by atoms with Crippen LogP contribution in [0.4, 0.5) is 0 Å². The van der Waals surface area contributed by atoms with E-state index < -0.39 is 7.49 Å². The van der Waals surface area contributed by atoms with E-state index in [1.807, 2.05) is 0 Å². The van der Waals surface area contributed by atoms with Crippen LogP contribution in [-0.2, 0) is 0 Å². The molecule has 0 radical (unpaired) electrons. The molecule has 3 nitrogen and oxygen atoms in total. The molecule has 0 aliphatic heterocycles. The summed E-state index contributed by atoms with van der Waals surface area (Å²) in [4.78, 5) is 23.5. The minimum atomic E-state index is -3.47. The Morgan fingerprint density at radius 1 is 1.20 bits per heavy atom. The van der Waals surface area contributed by atoms with Gasteiger partial charge in [0.15, 0.2) is 0 Å². The van der Waals surface area contributed by atoms with Crippen molar-refractivity contribution in [2.24, 2.45) is 0 Å². The fourth-order valence-corrected chi connectivity index (χ4v) is 0. The molecule has 0 heterocycles. The fraction of sp³-hybridized carbons (Fsp3) is 0. The van der Waals surface area contributed by atoms with Crippen molar-refractivity contribution in [3.8, 4) is 0 Å². The van der Waals surface area contributed by atoms with E-state index in [4.69, 9.17) is 14.7 Å². The molecular weight excluding hydrogens is 107 g/mol. The van der Waals surface area contributed by atoms with E-state index in [9.17, 15) is 0 Å². The second kappa shape index (κ2) is 1.32. The van der Waals surface area contributed by atoms with Gasteiger partial charge in [-0.05, 0) is 0 Å². The number of rotatable bonds is 0. The van der Waals surface area contributed by atoms with Crippen LogP contribution in [0.1, 0.15) is 0 Å². The van der Waals surface area contributed by atoms with Gasteiger partial charge >= 0.3 is 32.1 Å². The van der Waals surface area contributed by atoms with Gasteiger partial charge in [-0.2, -0.15) is 0 Å². The molecule has 0 saturated carbocycles. The summed E-state index contributed by atoms with van der Waals surface area (Å²) in [6.07, 6.45) is 0. The first-order chi connectivity index (χ1) is 2.00. The Kier molecular flexibility index (Phi) is 1.46. The zero-order valence-corrected chi connectivity index (χ0v) is 5.84. The summed E-state index contributed by atoms with van der Waals surface area (Å²) >= 11 is 0. The van der Waals surface area contributed by atoms with Gasteiger partial charge in [-0.1, -0.05) is 0 Å². The van der Waals surface area contributed by atoms with E-state index in [0.29, 0.717) is 0 Å². The molecule has 0 aromatic heterocycles. The molecule has 0 saturated heterocycles. The van der Waals surface area contributed by atoms with Crippen LogP contribution in [0.3, 0.4) is 0 Å². The molecule has 0 unspecified atom stereocenters. The zero-order chi connectivity index (χ0) is 4.50. The number of hydrogen-bond acceptors (Lipinski definition) is 3. The van der Waals surface area contributed by atoms with Crippen LogP contribution in [0.2, 0.25) is 0 Å². The molecule has 0 rings (SSSR count). The van der Waals surface area contributed by atoms with Crippen molar-refractivity contribution in [2.75, 3.05) is 0 Å². The Labute approximate surface area is 33.1 Å². The molecule has 0 aromatic rings. The van der Waals surface area contributed by atoms with E-state index in [1.54, 1.807) is 0 Å². The Morgan fingerprint density at radius 3 is 1.20 bits per heavy atom. The summed E-state index contributed by atoms with van der Waals surface area (Å²) in [6, 6.07) is 0. The summed E-state index contributed by atoms with van der Waals surface area (Å²) in [5.41, 5.74) is 0. The summed E-state index contributed by atoms with van der Waals surface area (Å²) in [7, 11) is -3.36. The molecule has 0 aliphatic rings. The molecule has 0 amide bonds. The fourth-order valence-electron chi connectivity index (χ4n) is 0. The predicted molar refractivity (Wildman–Crippen MR) is 24.9 cm³/mol. The van der Waals surface area contributed by atoms with E-state index in [-0.39, 0.29) is 9.91 Å². The summed E-state index contributed by atoms with van der Waals surface area (Å²) in [5, 5.41) is 0. The first-order valence-electron chi connectivity index (χ1n) is 1.17. The van der Waals surface area contributed by atoms with Gasteiger partial charge in [0, 0.05) is 0 Å². The average molecular weight is 114 g/mol. The zero-order valence-electron chi connectivity index (χ0n) is 2.84.